The Morgan fingerprint density at radius 3 is 2.59 bits per heavy atom. The first-order chi connectivity index (χ1) is 16.5. The number of methoxy groups -OCH3 is 1. The summed E-state index contributed by atoms with van der Waals surface area (Å²) in [5, 5.41) is 0.788. The summed E-state index contributed by atoms with van der Waals surface area (Å²) >= 11 is 1.47. The van der Waals surface area contributed by atoms with Gasteiger partial charge in [-0.1, -0.05) is 50.5 Å². The first-order valence-corrected chi connectivity index (χ1v) is 13.1. The topological polar surface area (TPSA) is 51.1 Å². The van der Waals surface area contributed by atoms with Crippen molar-refractivity contribution in [1.29, 1.82) is 0 Å². The van der Waals surface area contributed by atoms with Crippen LogP contribution in [0.4, 0.5) is 5.69 Å². The summed E-state index contributed by atoms with van der Waals surface area (Å²) in [6, 6.07) is 14.2. The van der Waals surface area contributed by atoms with Crippen LogP contribution in [-0.2, 0) is 11.2 Å². The number of carbonyl (C=O) groups excluding carboxylic acids is 1. The van der Waals surface area contributed by atoms with E-state index in [4.69, 9.17) is 14.5 Å². The molecule has 1 heterocycles. The zero-order valence-electron chi connectivity index (χ0n) is 20.5. The first-order valence-electron chi connectivity index (χ1n) is 12.2. The molecule has 0 N–H and O–H groups in total. The molecule has 1 amide bonds. The van der Waals surface area contributed by atoms with E-state index in [-0.39, 0.29) is 18.1 Å². The number of carbonyl (C=O) groups is 1. The Labute approximate surface area is 207 Å². The van der Waals surface area contributed by atoms with Crippen molar-refractivity contribution >= 4 is 34.6 Å². The summed E-state index contributed by atoms with van der Waals surface area (Å²) < 4.78 is 11.4. The fourth-order valence-corrected chi connectivity index (χ4v) is 5.58. The zero-order valence-corrected chi connectivity index (χ0v) is 21.4. The van der Waals surface area contributed by atoms with Gasteiger partial charge < -0.3 is 9.47 Å². The van der Waals surface area contributed by atoms with Gasteiger partial charge in [0.1, 0.15) is 0 Å². The fourth-order valence-electron chi connectivity index (χ4n) is 4.52. The number of thioether (sulfide) groups is 1. The van der Waals surface area contributed by atoms with E-state index in [0.29, 0.717) is 16.4 Å². The van der Waals surface area contributed by atoms with Crippen LogP contribution in [0, 0.1) is 0 Å². The van der Waals surface area contributed by atoms with Gasteiger partial charge in [-0.25, -0.2) is 4.99 Å². The van der Waals surface area contributed by atoms with Gasteiger partial charge in [-0.15, -0.1) is 0 Å². The monoisotopic (exact) mass is 478 g/mol. The Bertz CT molecular complexity index is 1090. The summed E-state index contributed by atoms with van der Waals surface area (Å²) in [5.41, 5.74) is 3.04. The minimum atomic E-state index is 0.0473. The van der Waals surface area contributed by atoms with E-state index in [1.165, 1.54) is 23.7 Å². The molecule has 180 valence electrons. The van der Waals surface area contributed by atoms with Gasteiger partial charge in [-0.05, 0) is 80.3 Å². The van der Waals surface area contributed by atoms with Crippen LogP contribution in [0.25, 0.3) is 6.08 Å². The standard InChI is InChI=1S/C28H34N2O3S/c1-5-21-11-9-10-14-23(21)29-28-30(22-12-7-6-8-13-22)27(31)26(34-28)18-20-15-16-24(33-19(2)3)25(17-20)32-4/h9-11,14-19,22H,5-8,12-13H2,1-4H3/b26-18+,29-28?. The van der Waals surface area contributed by atoms with Crippen molar-refractivity contribution in [2.75, 3.05) is 7.11 Å². The number of para-hydroxylation sites is 1. The number of benzene rings is 2. The molecule has 2 aromatic rings. The Morgan fingerprint density at radius 1 is 1.12 bits per heavy atom. The van der Waals surface area contributed by atoms with Crippen molar-refractivity contribution in [2.45, 2.75) is 71.4 Å². The van der Waals surface area contributed by atoms with Gasteiger partial charge in [0.15, 0.2) is 16.7 Å². The molecular formula is C28H34N2O3S. The maximum atomic E-state index is 13.6. The Balaban J connectivity index is 1.69. The van der Waals surface area contributed by atoms with Crippen molar-refractivity contribution in [2.24, 2.45) is 4.99 Å². The van der Waals surface area contributed by atoms with Crippen LogP contribution in [0.5, 0.6) is 11.5 Å². The molecule has 1 aliphatic heterocycles. The molecule has 2 aromatic carbocycles. The van der Waals surface area contributed by atoms with Gasteiger partial charge in [0.05, 0.1) is 23.8 Å². The third kappa shape index (κ3) is 5.49. The predicted octanol–water partition coefficient (Wildman–Crippen LogP) is 6.98. The third-order valence-electron chi connectivity index (χ3n) is 6.21. The molecule has 0 radical (unpaired) electrons. The molecule has 34 heavy (non-hydrogen) atoms. The smallest absolute Gasteiger partial charge is 0.267 e. The summed E-state index contributed by atoms with van der Waals surface area (Å²) in [7, 11) is 1.63. The van der Waals surface area contributed by atoms with Gasteiger partial charge in [-0.2, -0.15) is 0 Å². The van der Waals surface area contributed by atoms with E-state index in [9.17, 15) is 4.79 Å². The van der Waals surface area contributed by atoms with E-state index < -0.39 is 0 Å². The SMILES string of the molecule is CCc1ccccc1N=C1S/C(=C/c2ccc(OC(C)C)c(OC)c2)C(=O)N1C1CCCCC1. The molecule has 4 rings (SSSR count). The zero-order chi connectivity index (χ0) is 24.1. The number of amidine groups is 1. The lowest BCUT2D eigenvalue weighted by molar-refractivity contribution is -0.124. The van der Waals surface area contributed by atoms with E-state index >= 15 is 0 Å². The van der Waals surface area contributed by atoms with Crippen molar-refractivity contribution in [3.8, 4) is 11.5 Å². The second-order valence-corrected chi connectivity index (χ2v) is 10.0. The lowest BCUT2D eigenvalue weighted by Crippen LogP contribution is -2.40. The highest BCUT2D eigenvalue weighted by molar-refractivity contribution is 8.18. The third-order valence-corrected chi connectivity index (χ3v) is 7.20. The highest BCUT2D eigenvalue weighted by Crippen LogP contribution is 2.39. The molecule has 1 saturated heterocycles. The van der Waals surface area contributed by atoms with E-state index in [0.717, 1.165) is 48.5 Å². The quantitative estimate of drug-likeness (QED) is 0.403. The summed E-state index contributed by atoms with van der Waals surface area (Å²) in [4.78, 5) is 21.3. The number of hydrogen-bond acceptors (Lipinski definition) is 5. The number of rotatable bonds is 7. The highest BCUT2D eigenvalue weighted by atomic mass is 32.2. The molecule has 0 bridgehead atoms. The maximum Gasteiger partial charge on any atom is 0.267 e. The molecule has 0 spiro atoms. The summed E-state index contributed by atoms with van der Waals surface area (Å²) in [5.74, 6) is 1.41. The molecule has 2 fully saturated rings. The van der Waals surface area contributed by atoms with Crippen LogP contribution in [0.15, 0.2) is 52.4 Å². The van der Waals surface area contributed by atoms with Gasteiger partial charge in [0.25, 0.3) is 5.91 Å². The maximum absolute atomic E-state index is 13.6. The van der Waals surface area contributed by atoms with Crippen LogP contribution in [-0.4, -0.2) is 35.2 Å². The van der Waals surface area contributed by atoms with Crippen molar-refractivity contribution < 1.29 is 14.3 Å². The lowest BCUT2D eigenvalue weighted by atomic mass is 9.94. The number of hydrogen-bond donors (Lipinski definition) is 0. The minimum Gasteiger partial charge on any atom is -0.493 e. The molecule has 5 nitrogen and oxygen atoms in total. The molecule has 0 aromatic heterocycles. The second-order valence-electron chi connectivity index (χ2n) is 9.03. The predicted molar refractivity (Wildman–Crippen MR) is 141 cm³/mol. The molecule has 2 aliphatic rings. The Hall–Kier alpha value is -2.73. The summed E-state index contributed by atoms with van der Waals surface area (Å²) in [6.45, 7) is 6.11. The normalized spacial score (nSPS) is 19.4. The molecule has 6 heteroatoms. The Morgan fingerprint density at radius 2 is 1.88 bits per heavy atom. The Kier molecular flexibility index (Phi) is 7.99. The van der Waals surface area contributed by atoms with E-state index in [2.05, 4.69) is 13.0 Å². The number of aliphatic imine (C=N–C) groups is 1. The van der Waals surface area contributed by atoms with Crippen molar-refractivity contribution in [1.82, 2.24) is 4.90 Å². The minimum absolute atomic E-state index is 0.0473. The largest absolute Gasteiger partial charge is 0.493 e. The van der Waals surface area contributed by atoms with Gasteiger partial charge in [0, 0.05) is 6.04 Å². The number of ether oxygens (including phenoxy) is 2. The van der Waals surface area contributed by atoms with Crippen LogP contribution in [0.3, 0.4) is 0 Å². The first kappa shape index (κ1) is 24.4. The molecular weight excluding hydrogens is 444 g/mol. The average Bonchev–Trinajstić information content (AvgIpc) is 3.14. The highest BCUT2D eigenvalue weighted by Gasteiger charge is 2.38. The molecule has 0 unspecified atom stereocenters. The van der Waals surface area contributed by atoms with Gasteiger partial charge >= 0.3 is 0 Å². The van der Waals surface area contributed by atoms with Crippen LogP contribution in [0.2, 0.25) is 0 Å². The van der Waals surface area contributed by atoms with Crippen LogP contribution >= 0.6 is 11.8 Å². The van der Waals surface area contributed by atoms with Crippen LogP contribution in [0.1, 0.15) is 64.0 Å². The van der Waals surface area contributed by atoms with Gasteiger partial charge in [-0.3, -0.25) is 9.69 Å². The average molecular weight is 479 g/mol. The lowest BCUT2D eigenvalue weighted by Gasteiger charge is -2.30. The van der Waals surface area contributed by atoms with E-state index in [1.54, 1.807) is 7.11 Å². The number of amides is 1. The second kappa shape index (κ2) is 11.1. The van der Waals surface area contributed by atoms with Crippen molar-refractivity contribution in [3.05, 3.63) is 58.5 Å². The van der Waals surface area contributed by atoms with Crippen LogP contribution < -0.4 is 9.47 Å². The fraction of sp³-hybridized carbons (Fsp3) is 0.429. The molecule has 1 saturated carbocycles. The molecule has 0 atom stereocenters. The van der Waals surface area contributed by atoms with Gasteiger partial charge in [0.2, 0.25) is 0 Å². The van der Waals surface area contributed by atoms with Crippen molar-refractivity contribution in [3.63, 3.8) is 0 Å². The number of nitrogens with zero attached hydrogens (tertiary/aromatic N) is 2. The summed E-state index contributed by atoms with van der Waals surface area (Å²) in [6.07, 6.45) is 8.52. The van der Waals surface area contributed by atoms with E-state index in [1.807, 2.05) is 61.2 Å². The number of aryl methyl sites for hydroxylation is 1. The molecule has 1 aliphatic carbocycles.